The first-order chi connectivity index (χ1) is 12.2. The van der Waals surface area contributed by atoms with Crippen LogP contribution in [0.3, 0.4) is 0 Å². The maximum atomic E-state index is 12.0. The molecule has 0 atom stereocenters. The van der Waals surface area contributed by atoms with Gasteiger partial charge in [-0.1, -0.05) is 11.8 Å². The number of pyridine rings is 1. The van der Waals surface area contributed by atoms with Gasteiger partial charge in [0.1, 0.15) is 18.2 Å². The summed E-state index contributed by atoms with van der Waals surface area (Å²) >= 11 is 2.81. The number of ether oxygens (including phenoxy) is 2. The molecule has 0 spiro atoms. The van der Waals surface area contributed by atoms with Crippen LogP contribution in [0.5, 0.6) is 11.5 Å². The standard InChI is InChI=1S/C17H15N3O3S2/c1-10-6-11-7-13-14(23-4-3-22-13)8-12(11)19-16(10)25-9-15(21)20-17-18-2-5-24-17/h2,5-8H,3-4,9H2,1H3,(H,18,20,21). The van der Waals surface area contributed by atoms with Crippen molar-refractivity contribution < 1.29 is 14.3 Å². The number of aromatic nitrogens is 2. The molecule has 0 saturated carbocycles. The van der Waals surface area contributed by atoms with E-state index in [4.69, 9.17) is 9.47 Å². The van der Waals surface area contributed by atoms with Crippen LogP contribution in [0, 0.1) is 6.92 Å². The maximum Gasteiger partial charge on any atom is 0.236 e. The number of carbonyl (C=O) groups excluding carboxylic acids is 1. The van der Waals surface area contributed by atoms with E-state index in [1.165, 1.54) is 23.1 Å². The van der Waals surface area contributed by atoms with E-state index in [-0.39, 0.29) is 11.7 Å². The average Bonchev–Trinajstić information content (AvgIpc) is 3.11. The molecule has 0 saturated heterocycles. The molecule has 1 aliphatic rings. The van der Waals surface area contributed by atoms with Gasteiger partial charge in [-0.3, -0.25) is 4.79 Å². The lowest BCUT2D eigenvalue weighted by atomic mass is 10.1. The van der Waals surface area contributed by atoms with Crippen LogP contribution in [-0.2, 0) is 4.79 Å². The van der Waals surface area contributed by atoms with E-state index in [0.29, 0.717) is 24.1 Å². The second-order valence-corrected chi connectivity index (χ2v) is 7.33. The SMILES string of the molecule is Cc1cc2cc3c(cc2nc1SCC(=O)Nc1nccs1)OCCO3. The zero-order valence-electron chi connectivity index (χ0n) is 13.4. The number of fused-ring (bicyclic) bond motifs is 2. The van der Waals surface area contributed by atoms with E-state index in [1.54, 1.807) is 6.20 Å². The number of nitrogens with one attached hydrogen (secondary N) is 1. The Morgan fingerprint density at radius 1 is 1.28 bits per heavy atom. The molecule has 4 rings (SSSR count). The Kier molecular flexibility index (Phi) is 4.46. The van der Waals surface area contributed by atoms with Gasteiger partial charge in [-0.25, -0.2) is 9.97 Å². The van der Waals surface area contributed by atoms with Gasteiger partial charge >= 0.3 is 0 Å². The molecule has 8 heteroatoms. The second-order valence-electron chi connectivity index (χ2n) is 5.47. The van der Waals surface area contributed by atoms with Gasteiger partial charge in [-0.05, 0) is 24.6 Å². The third-order valence-corrected chi connectivity index (χ3v) is 5.42. The van der Waals surface area contributed by atoms with Crippen LogP contribution in [0.2, 0.25) is 0 Å². The van der Waals surface area contributed by atoms with Crippen LogP contribution in [0.1, 0.15) is 5.56 Å². The van der Waals surface area contributed by atoms with Crippen LogP contribution in [0.15, 0.2) is 34.8 Å². The number of benzene rings is 1. The highest BCUT2D eigenvalue weighted by Crippen LogP contribution is 2.35. The predicted molar refractivity (Wildman–Crippen MR) is 98.9 cm³/mol. The lowest BCUT2D eigenvalue weighted by Gasteiger charge is -2.19. The quantitative estimate of drug-likeness (QED) is 0.706. The Labute approximate surface area is 152 Å². The molecule has 3 heterocycles. The van der Waals surface area contributed by atoms with Crippen LogP contribution >= 0.6 is 23.1 Å². The fourth-order valence-corrected chi connectivity index (χ4v) is 3.85. The molecule has 6 nitrogen and oxygen atoms in total. The van der Waals surface area contributed by atoms with E-state index in [0.717, 1.165) is 27.2 Å². The van der Waals surface area contributed by atoms with Gasteiger partial charge in [0.25, 0.3) is 0 Å². The summed E-state index contributed by atoms with van der Waals surface area (Å²) < 4.78 is 11.2. The number of rotatable bonds is 4. The van der Waals surface area contributed by atoms with Gasteiger partial charge in [0.2, 0.25) is 5.91 Å². The van der Waals surface area contributed by atoms with E-state index in [2.05, 4.69) is 21.4 Å². The van der Waals surface area contributed by atoms with Crippen LogP contribution in [0.25, 0.3) is 10.9 Å². The lowest BCUT2D eigenvalue weighted by Crippen LogP contribution is -2.15. The minimum atomic E-state index is -0.0941. The predicted octanol–water partition coefficient (Wildman–Crippen LogP) is 3.50. The van der Waals surface area contributed by atoms with Crippen molar-refractivity contribution in [2.75, 3.05) is 24.3 Å². The van der Waals surface area contributed by atoms with E-state index < -0.39 is 0 Å². The summed E-state index contributed by atoms with van der Waals surface area (Å²) in [5, 5.41) is 7.04. The molecule has 0 radical (unpaired) electrons. The number of thiazole rings is 1. The molecule has 1 aromatic carbocycles. The van der Waals surface area contributed by atoms with Crippen molar-refractivity contribution in [2.45, 2.75) is 11.9 Å². The number of aryl methyl sites for hydroxylation is 1. The van der Waals surface area contributed by atoms with Crippen molar-refractivity contribution in [1.29, 1.82) is 0 Å². The Morgan fingerprint density at radius 2 is 2.08 bits per heavy atom. The summed E-state index contributed by atoms with van der Waals surface area (Å²) in [6.07, 6.45) is 1.66. The first kappa shape index (κ1) is 16.2. The topological polar surface area (TPSA) is 73.3 Å². The molecule has 2 aromatic heterocycles. The summed E-state index contributed by atoms with van der Waals surface area (Å²) in [5.41, 5.74) is 1.86. The summed E-state index contributed by atoms with van der Waals surface area (Å²) in [6.45, 7) is 3.10. The first-order valence-electron chi connectivity index (χ1n) is 7.72. The molecule has 0 aliphatic carbocycles. The minimum absolute atomic E-state index is 0.0941. The Balaban J connectivity index is 1.53. The molecule has 1 aliphatic heterocycles. The largest absolute Gasteiger partial charge is 0.486 e. The molecular formula is C17H15N3O3S2. The fraction of sp³-hybridized carbons (Fsp3) is 0.235. The molecule has 3 aromatic rings. The van der Waals surface area contributed by atoms with Crippen molar-refractivity contribution in [3.05, 3.63) is 35.3 Å². The Hall–Kier alpha value is -2.32. The summed E-state index contributed by atoms with van der Waals surface area (Å²) in [5.74, 6) is 1.66. The number of amides is 1. The van der Waals surface area contributed by atoms with Crippen LogP contribution in [0.4, 0.5) is 5.13 Å². The van der Waals surface area contributed by atoms with E-state index in [1.807, 2.05) is 24.4 Å². The molecule has 0 bridgehead atoms. The number of hydrogen-bond donors (Lipinski definition) is 1. The minimum Gasteiger partial charge on any atom is -0.486 e. The van der Waals surface area contributed by atoms with Crippen LogP contribution < -0.4 is 14.8 Å². The average molecular weight is 373 g/mol. The normalized spacial score (nSPS) is 13.0. The Morgan fingerprint density at radius 3 is 2.84 bits per heavy atom. The lowest BCUT2D eigenvalue weighted by molar-refractivity contribution is -0.113. The molecule has 128 valence electrons. The fourth-order valence-electron chi connectivity index (χ4n) is 2.52. The van der Waals surface area contributed by atoms with Gasteiger partial charge in [-0.15, -0.1) is 11.3 Å². The highest BCUT2D eigenvalue weighted by molar-refractivity contribution is 8.00. The molecular weight excluding hydrogens is 358 g/mol. The third-order valence-electron chi connectivity index (χ3n) is 3.64. The molecule has 1 amide bonds. The highest BCUT2D eigenvalue weighted by atomic mass is 32.2. The monoisotopic (exact) mass is 373 g/mol. The number of carbonyl (C=O) groups is 1. The Bertz CT molecular complexity index is 929. The number of thioether (sulfide) groups is 1. The summed E-state index contributed by atoms with van der Waals surface area (Å²) in [6, 6.07) is 5.90. The molecule has 1 N–H and O–H groups in total. The number of anilines is 1. The van der Waals surface area contributed by atoms with Gasteiger partial charge in [0, 0.05) is 23.0 Å². The van der Waals surface area contributed by atoms with Gasteiger partial charge in [-0.2, -0.15) is 0 Å². The summed E-state index contributed by atoms with van der Waals surface area (Å²) in [7, 11) is 0. The number of hydrogen-bond acceptors (Lipinski definition) is 7. The molecule has 0 unspecified atom stereocenters. The zero-order valence-corrected chi connectivity index (χ0v) is 15.1. The smallest absolute Gasteiger partial charge is 0.236 e. The number of nitrogens with zero attached hydrogens (tertiary/aromatic N) is 2. The first-order valence-corrected chi connectivity index (χ1v) is 9.59. The van der Waals surface area contributed by atoms with Crippen LogP contribution in [-0.4, -0.2) is 34.8 Å². The van der Waals surface area contributed by atoms with Gasteiger partial charge in [0.05, 0.1) is 11.3 Å². The highest BCUT2D eigenvalue weighted by Gasteiger charge is 2.15. The van der Waals surface area contributed by atoms with Gasteiger partial charge in [0.15, 0.2) is 16.6 Å². The van der Waals surface area contributed by atoms with E-state index >= 15 is 0 Å². The molecule has 25 heavy (non-hydrogen) atoms. The van der Waals surface area contributed by atoms with E-state index in [9.17, 15) is 4.79 Å². The van der Waals surface area contributed by atoms with Crippen molar-refractivity contribution >= 4 is 45.0 Å². The summed E-state index contributed by atoms with van der Waals surface area (Å²) in [4.78, 5) is 20.8. The van der Waals surface area contributed by atoms with Crippen molar-refractivity contribution in [2.24, 2.45) is 0 Å². The van der Waals surface area contributed by atoms with Gasteiger partial charge < -0.3 is 14.8 Å². The van der Waals surface area contributed by atoms with Crippen molar-refractivity contribution in [3.8, 4) is 11.5 Å². The van der Waals surface area contributed by atoms with Crippen molar-refractivity contribution in [3.63, 3.8) is 0 Å². The van der Waals surface area contributed by atoms with Crippen molar-refractivity contribution in [1.82, 2.24) is 9.97 Å². The third kappa shape index (κ3) is 3.54. The molecule has 0 fully saturated rings. The second kappa shape index (κ2) is 6.89. The maximum absolute atomic E-state index is 12.0. The zero-order chi connectivity index (χ0) is 17.2.